The van der Waals surface area contributed by atoms with Gasteiger partial charge in [-0.25, -0.2) is 13.8 Å². The second-order valence-electron chi connectivity index (χ2n) is 6.72. The zero-order valence-corrected chi connectivity index (χ0v) is 14.4. The van der Waals surface area contributed by atoms with Crippen LogP contribution in [0.4, 0.5) is 20.2 Å². The Morgan fingerprint density at radius 1 is 1.24 bits per heavy atom. The highest BCUT2D eigenvalue weighted by molar-refractivity contribution is 6.17. The van der Waals surface area contributed by atoms with Crippen LogP contribution in [-0.4, -0.2) is 61.3 Å². The maximum absolute atomic E-state index is 14.9. The summed E-state index contributed by atoms with van der Waals surface area (Å²) in [4.78, 5) is 22.6. The van der Waals surface area contributed by atoms with Crippen LogP contribution in [0.25, 0.3) is 0 Å². The van der Waals surface area contributed by atoms with Crippen LogP contribution in [0.2, 0.25) is 0 Å². The Balaban J connectivity index is 2.03. The summed E-state index contributed by atoms with van der Waals surface area (Å²) in [5.41, 5.74) is 0.348. The molecule has 1 amide bonds. The number of fused-ring (bicyclic) bond motifs is 2. The average molecular weight is 347 g/mol. The number of rotatable bonds is 0. The molecule has 132 valence electrons. The second-order valence-corrected chi connectivity index (χ2v) is 6.72. The summed E-state index contributed by atoms with van der Waals surface area (Å²) in [6.07, 6.45) is 0. The average Bonchev–Trinajstić information content (AvgIpc) is 2.69. The van der Waals surface area contributed by atoms with Gasteiger partial charge in [0.2, 0.25) is 5.91 Å². The molecule has 1 aromatic rings. The van der Waals surface area contributed by atoms with E-state index in [9.17, 15) is 13.6 Å². The van der Waals surface area contributed by atoms with E-state index < -0.39 is 17.7 Å². The largest absolute Gasteiger partial charge is 0.341 e. The lowest BCUT2D eigenvalue weighted by atomic mass is 10.0. The predicted molar refractivity (Wildman–Crippen MR) is 91.8 cm³/mol. The van der Waals surface area contributed by atoms with E-state index in [0.29, 0.717) is 24.7 Å². The molecule has 1 atom stereocenters. The van der Waals surface area contributed by atoms with Gasteiger partial charge in [0.15, 0.2) is 11.6 Å². The number of anilines is 2. The number of likely N-dealkylation sites (N-methyl/N-ethyl adjacent to an activating group) is 1. The molecule has 4 rings (SSSR count). The topological polar surface area (TPSA) is 51.2 Å². The maximum atomic E-state index is 14.9. The standard InChI is InChI=1S/C17H19F2N5O/c1-8-12(18)14-11-15(13(8)19)23(4)9(2)20-16(11)24-6-5-22(3)7-10(24)17(25)21-14/h10H,2,5-7H2,1,3-4H3,(H,21,25). The number of piperazine rings is 1. The molecule has 0 bridgehead atoms. The first kappa shape index (κ1) is 16.0. The smallest absolute Gasteiger partial charge is 0.248 e. The molecule has 0 spiro atoms. The van der Waals surface area contributed by atoms with E-state index in [0.717, 1.165) is 6.54 Å². The van der Waals surface area contributed by atoms with Gasteiger partial charge in [-0.05, 0) is 14.0 Å². The SMILES string of the molecule is C=C1N=C2c3c(c(F)c(C)c(F)c3N1C)NC(=O)C1CN(C)CCN21. The molecule has 1 unspecified atom stereocenters. The van der Waals surface area contributed by atoms with Crippen LogP contribution in [0, 0.1) is 18.6 Å². The van der Waals surface area contributed by atoms with Crippen molar-refractivity contribution >= 4 is 23.1 Å². The van der Waals surface area contributed by atoms with Gasteiger partial charge in [0.05, 0.1) is 16.9 Å². The first-order valence-corrected chi connectivity index (χ1v) is 8.10. The summed E-state index contributed by atoms with van der Waals surface area (Å²) in [5.74, 6) is -0.975. The van der Waals surface area contributed by atoms with E-state index in [1.807, 2.05) is 16.8 Å². The number of nitrogens with one attached hydrogen (secondary N) is 1. The molecule has 1 saturated heterocycles. The molecule has 0 radical (unpaired) electrons. The Kier molecular flexibility index (Phi) is 3.37. The zero-order chi connectivity index (χ0) is 18.0. The number of halogens is 2. The normalized spacial score (nSPS) is 22.9. The minimum atomic E-state index is -0.758. The van der Waals surface area contributed by atoms with Crippen molar-refractivity contribution in [1.82, 2.24) is 9.80 Å². The molecule has 25 heavy (non-hydrogen) atoms. The lowest BCUT2D eigenvalue weighted by Crippen LogP contribution is -2.58. The van der Waals surface area contributed by atoms with E-state index in [-0.39, 0.29) is 28.4 Å². The molecule has 0 saturated carbocycles. The Morgan fingerprint density at radius 2 is 1.96 bits per heavy atom. The van der Waals surface area contributed by atoms with E-state index in [1.165, 1.54) is 11.8 Å². The molecule has 1 aromatic carbocycles. The highest BCUT2D eigenvalue weighted by atomic mass is 19.1. The third-order valence-electron chi connectivity index (χ3n) is 5.16. The molecule has 0 aliphatic carbocycles. The third kappa shape index (κ3) is 2.10. The van der Waals surface area contributed by atoms with Crippen molar-refractivity contribution in [3.8, 4) is 0 Å². The summed E-state index contributed by atoms with van der Waals surface area (Å²) in [5, 5.41) is 2.67. The number of carbonyl (C=O) groups excluding carboxylic acids is 1. The quantitative estimate of drug-likeness (QED) is 0.773. The zero-order valence-electron chi connectivity index (χ0n) is 14.4. The van der Waals surface area contributed by atoms with Crippen molar-refractivity contribution in [3.05, 3.63) is 35.2 Å². The van der Waals surface area contributed by atoms with Gasteiger partial charge in [0.25, 0.3) is 0 Å². The van der Waals surface area contributed by atoms with Crippen LogP contribution in [0.15, 0.2) is 17.4 Å². The van der Waals surface area contributed by atoms with Crippen LogP contribution in [-0.2, 0) is 4.79 Å². The fourth-order valence-electron chi connectivity index (χ4n) is 3.64. The number of hydrogen-bond acceptors (Lipinski definition) is 5. The molecule has 3 heterocycles. The Labute approximate surface area is 144 Å². The van der Waals surface area contributed by atoms with Crippen LogP contribution in [0.1, 0.15) is 11.1 Å². The number of hydrogen-bond donors (Lipinski definition) is 1. The highest BCUT2D eigenvalue weighted by Crippen LogP contribution is 2.42. The van der Waals surface area contributed by atoms with Crippen molar-refractivity contribution in [3.63, 3.8) is 0 Å². The highest BCUT2D eigenvalue weighted by Gasteiger charge is 2.42. The Morgan fingerprint density at radius 3 is 2.68 bits per heavy atom. The number of amides is 1. The monoisotopic (exact) mass is 347 g/mol. The van der Waals surface area contributed by atoms with E-state index in [1.54, 1.807) is 7.05 Å². The van der Waals surface area contributed by atoms with Crippen molar-refractivity contribution in [2.75, 3.05) is 43.9 Å². The summed E-state index contributed by atoms with van der Waals surface area (Å²) in [7, 11) is 3.56. The van der Waals surface area contributed by atoms with E-state index in [2.05, 4.69) is 16.9 Å². The van der Waals surface area contributed by atoms with Crippen molar-refractivity contribution in [1.29, 1.82) is 0 Å². The summed E-state index contributed by atoms with van der Waals surface area (Å²) in [6.45, 7) is 7.00. The van der Waals surface area contributed by atoms with Gasteiger partial charge in [-0.3, -0.25) is 4.79 Å². The fraction of sp³-hybridized carbons (Fsp3) is 0.412. The van der Waals surface area contributed by atoms with Crippen LogP contribution in [0.5, 0.6) is 0 Å². The molecule has 8 heteroatoms. The van der Waals surface area contributed by atoms with Gasteiger partial charge < -0.3 is 20.0 Å². The first-order valence-electron chi connectivity index (χ1n) is 8.10. The first-order chi connectivity index (χ1) is 11.8. The predicted octanol–water partition coefficient (Wildman–Crippen LogP) is 1.51. The number of benzene rings is 1. The number of nitrogens with zero attached hydrogens (tertiary/aromatic N) is 4. The molecule has 6 nitrogen and oxygen atoms in total. The van der Waals surface area contributed by atoms with Crippen molar-refractivity contribution in [2.45, 2.75) is 13.0 Å². The van der Waals surface area contributed by atoms with Crippen molar-refractivity contribution in [2.24, 2.45) is 4.99 Å². The van der Waals surface area contributed by atoms with Gasteiger partial charge in [0, 0.05) is 32.2 Å². The minimum Gasteiger partial charge on any atom is -0.341 e. The number of amidine groups is 1. The van der Waals surface area contributed by atoms with Crippen LogP contribution in [0.3, 0.4) is 0 Å². The lowest BCUT2D eigenvalue weighted by Gasteiger charge is -2.41. The fourth-order valence-corrected chi connectivity index (χ4v) is 3.64. The molecule has 1 fully saturated rings. The molecule has 1 N–H and O–H groups in total. The van der Waals surface area contributed by atoms with Crippen molar-refractivity contribution < 1.29 is 13.6 Å². The Bertz CT molecular complexity index is 850. The summed E-state index contributed by atoms with van der Waals surface area (Å²) >= 11 is 0. The van der Waals surface area contributed by atoms with Crippen LogP contribution >= 0.6 is 0 Å². The molecule has 3 aliphatic heterocycles. The van der Waals surface area contributed by atoms with Crippen LogP contribution < -0.4 is 10.2 Å². The molecular weight excluding hydrogens is 328 g/mol. The number of carbonyl (C=O) groups is 1. The van der Waals surface area contributed by atoms with E-state index >= 15 is 0 Å². The minimum absolute atomic E-state index is 0.00551. The molecule has 0 aromatic heterocycles. The van der Waals surface area contributed by atoms with Gasteiger partial charge in [0.1, 0.15) is 17.7 Å². The number of aliphatic imine (C=N–C) groups is 1. The van der Waals surface area contributed by atoms with Gasteiger partial charge in [-0.15, -0.1) is 0 Å². The maximum Gasteiger partial charge on any atom is 0.248 e. The van der Waals surface area contributed by atoms with Gasteiger partial charge in [-0.2, -0.15) is 0 Å². The Hall–Kier alpha value is -2.48. The summed E-state index contributed by atoms with van der Waals surface area (Å²) < 4.78 is 29.7. The molecular formula is C17H19F2N5O. The summed E-state index contributed by atoms with van der Waals surface area (Å²) in [6, 6.07) is -0.517. The molecule has 3 aliphatic rings. The van der Waals surface area contributed by atoms with Gasteiger partial charge >= 0.3 is 0 Å². The lowest BCUT2D eigenvalue weighted by molar-refractivity contribution is -0.121. The van der Waals surface area contributed by atoms with Gasteiger partial charge in [-0.1, -0.05) is 6.58 Å². The van der Waals surface area contributed by atoms with E-state index in [4.69, 9.17) is 0 Å². The third-order valence-corrected chi connectivity index (χ3v) is 5.16. The second kappa shape index (κ2) is 5.26.